The standard InChI is InChI=1S/C11H14ClNO/c1-7-3-2-4-9(12)10(7)11(13)5-8(14)6-11/h2-4,8,14H,5-6,13H2,1H3. The number of hydrogen-bond acceptors (Lipinski definition) is 2. The van der Waals surface area contributed by atoms with E-state index in [-0.39, 0.29) is 6.10 Å². The van der Waals surface area contributed by atoms with Gasteiger partial charge in [0.05, 0.1) is 6.10 Å². The Bertz CT molecular complexity index is 338. The van der Waals surface area contributed by atoms with Crippen LogP contribution in [0.5, 0.6) is 0 Å². The number of aliphatic hydroxyl groups is 1. The fourth-order valence-corrected chi connectivity index (χ4v) is 2.66. The van der Waals surface area contributed by atoms with Gasteiger partial charge in [-0.25, -0.2) is 0 Å². The molecule has 0 amide bonds. The van der Waals surface area contributed by atoms with E-state index in [1.807, 2.05) is 25.1 Å². The second kappa shape index (κ2) is 3.23. The third kappa shape index (κ3) is 1.44. The summed E-state index contributed by atoms with van der Waals surface area (Å²) < 4.78 is 0. The molecule has 0 spiro atoms. The van der Waals surface area contributed by atoms with Gasteiger partial charge in [-0.15, -0.1) is 0 Å². The summed E-state index contributed by atoms with van der Waals surface area (Å²) in [4.78, 5) is 0. The molecule has 1 aliphatic carbocycles. The first-order valence-electron chi connectivity index (χ1n) is 4.75. The maximum atomic E-state index is 9.30. The summed E-state index contributed by atoms with van der Waals surface area (Å²) in [6.07, 6.45) is 0.950. The van der Waals surface area contributed by atoms with E-state index in [0.29, 0.717) is 17.9 Å². The molecule has 3 heteroatoms. The molecule has 14 heavy (non-hydrogen) atoms. The van der Waals surface area contributed by atoms with E-state index in [0.717, 1.165) is 11.1 Å². The largest absolute Gasteiger partial charge is 0.393 e. The van der Waals surface area contributed by atoms with Gasteiger partial charge in [0.25, 0.3) is 0 Å². The molecule has 2 rings (SSSR count). The van der Waals surface area contributed by atoms with E-state index in [9.17, 15) is 5.11 Å². The third-order valence-electron chi connectivity index (χ3n) is 2.92. The summed E-state index contributed by atoms with van der Waals surface area (Å²) in [5.74, 6) is 0. The second-order valence-corrected chi connectivity index (χ2v) is 4.56. The van der Waals surface area contributed by atoms with Crippen molar-refractivity contribution < 1.29 is 5.11 Å². The predicted octanol–water partition coefficient (Wildman–Crippen LogP) is 1.96. The molecule has 3 N–H and O–H groups in total. The van der Waals surface area contributed by atoms with Gasteiger partial charge in [-0.1, -0.05) is 23.7 Å². The molecule has 0 saturated heterocycles. The van der Waals surface area contributed by atoms with Gasteiger partial charge in [0.1, 0.15) is 0 Å². The highest BCUT2D eigenvalue weighted by molar-refractivity contribution is 6.31. The van der Waals surface area contributed by atoms with Crippen molar-refractivity contribution in [3.8, 4) is 0 Å². The van der Waals surface area contributed by atoms with Gasteiger partial charge in [0.15, 0.2) is 0 Å². The zero-order valence-electron chi connectivity index (χ0n) is 8.13. The summed E-state index contributed by atoms with van der Waals surface area (Å²) in [6.45, 7) is 2.00. The van der Waals surface area contributed by atoms with Gasteiger partial charge < -0.3 is 10.8 Å². The molecular formula is C11H14ClNO. The predicted molar refractivity (Wildman–Crippen MR) is 57.3 cm³/mol. The summed E-state index contributed by atoms with van der Waals surface area (Å²) in [5.41, 5.74) is 7.85. The quantitative estimate of drug-likeness (QED) is 0.746. The number of rotatable bonds is 1. The molecule has 1 fully saturated rings. The van der Waals surface area contributed by atoms with Crippen molar-refractivity contribution in [1.82, 2.24) is 0 Å². The highest BCUT2D eigenvalue weighted by Gasteiger charge is 2.43. The lowest BCUT2D eigenvalue weighted by molar-refractivity contribution is 0.0207. The second-order valence-electron chi connectivity index (χ2n) is 4.15. The molecule has 1 aromatic rings. The lowest BCUT2D eigenvalue weighted by Crippen LogP contribution is -2.52. The van der Waals surface area contributed by atoms with Crippen LogP contribution in [-0.4, -0.2) is 11.2 Å². The minimum atomic E-state index is -0.415. The first kappa shape index (κ1) is 9.97. The van der Waals surface area contributed by atoms with Gasteiger partial charge in [0.2, 0.25) is 0 Å². The normalized spacial score (nSPS) is 31.3. The number of aryl methyl sites for hydroxylation is 1. The van der Waals surface area contributed by atoms with Crippen LogP contribution in [0.2, 0.25) is 5.02 Å². The molecule has 0 atom stereocenters. The maximum absolute atomic E-state index is 9.30. The van der Waals surface area contributed by atoms with Crippen LogP contribution in [0.3, 0.4) is 0 Å². The van der Waals surface area contributed by atoms with Gasteiger partial charge in [-0.05, 0) is 37.0 Å². The van der Waals surface area contributed by atoms with Gasteiger partial charge in [0, 0.05) is 10.6 Å². The van der Waals surface area contributed by atoms with Crippen LogP contribution in [-0.2, 0) is 5.54 Å². The smallest absolute Gasteiger partial charge is 0.0582 e. The number of benzene rings is 1. The highest BCUT2D eigenvalue weighted by Crippen LogP contribution is 2.43. The maximum Gasteiger partial charge on any atom is 0.0582 e. The summed E-state index contributed by atoms with van der Waals surface area (Å²) >= 11 is 6.11. The summed E-state index contributed by atoms with van der Waals surface area (Å²) in [6, 6.07) is 5.77. The van der Waals surface area contributed by atoms with E-state index >= 15 is 0 Å². The fourth-order valence-electron chi connectivity index (χ4n) is 2.25. The number of halogens is 1. The Morgan fingerprint density at radius 3 is 2.64 bits per heavy atom. The molecule has 2 nitrogen and oxygen atoms in total. The number of aliphatic hydroxyl groups excluding tert-OH is 1. The van der Waals surface area contributed by atoms with E-state index < -0.39 is 5.54 Å². The lowest BCUT2D eigenvalue weighted by Gasteiger charge is -2.43. The van der Waals surface area contributed by atoms with Crippen LogP contribution in [0.25, 0.3) is 0 Å². The molecule has 76 valence electrons. The monoisotopic (exact) mass is 211 g/mol. The molecule has 0 unspecified atom stereocenters. The minimum Gasteiger partial charge on any atom is -0.393 e. The molecular weight excluding hydrogens is 198 g/mol. The zero-order chi connectivity index (χ0) is 10.3. The van der Waals surface area contributed by atoms with Crippen LogP contribution in [0.4, 0.5) is 0 Å². The van der Waals surface area contributed by atoms with Crippen LogP contribution in [0.15, 0.2) is 18.2 Å². The number of hydrogen-bond donors (Lipinski definition) is 2. The van der Waals surface area contributed by atoms with Crippen molar-refractivity contribution >= 4 is 11.6 Å². The average molecular weight is 212 g/mol. The summed E-state index contributed by atoms with van der Waals surface area (Å²) in [5, 5.41) is 10.0. The Kier molecular flexibility index (Phi) is 2.30. The van der Waals surface area contributed by atoms with E-state index in [1.165, 1.54) is 0 Å². The molecule has 1 aliphatic rings. The molecule has 0 bridgehead atoms. The minimum absolute atomic E-state index is 0.268. The van der Waals surface area contributed by atoms with Crippen molar-refractivity contribution in [2.45, 2.75) is 31.4 Å². The Hall–Kier alpha value is -0.570. The van der Waals surface area contributed by atoms with Crippen molar-refractivity contribution in [2.75, 3.05) is 0 Å². The Labute approximate surface area is 88.7 Å². The van der Waals surface area contributed by atoms with E-state index in [2.05, 4.69) is 0 Å². The first-order chi connectivity index (χ1) is 6.53. The molecule has 0 aromatic heterocycles. The zero-order valence-corrected chi connectivity index (χ0v) is 8.88. The lowest BCUT2D eigenvalue weighted by atomic mass is 9.69. The van der Waals surface area contributed by atoms with Crippen molar-refractivity contribution in [3.05, 3.63) is 34.3 Å². The molecule has 0 heterocycles. The Morgan fingerprint density at radius 2 is 2.14 bits per heavy atom. The van der Waals surface area contributed by atoms with Crippen LogP contribution in [0, 0.1) is 6.92 Å². The van der Waals surface area contributed by atoms with Crippen molar-refractivity contribution in [2.24, 2.45) is 5.73 Å². The van der Waals surface area contributed by atoms with Gasteiger partial charge in [-0.3, -0.25) is 0 Å². The number of nitrogens with two attached hydrogens (primary N) is 1. The van der Waals surface area contributed by atoms with Gasteiger partial charge in [-0.2, -0.15) is 0 Å². The summed E-state index contributed by atoms with van der Waals surface area (Å²) in [7, 11) is 0. The van der Waals surface area contributed by atoms with E-state index in [1.54, 1.807) is 0 Å². The van der Waals surface area contributed by atoms with Crippen LogP contribution < -0.4 is 5.73 Å². The SMILES string of the molecule is Cc1cccc(Cl)c1C1(N)CC(O)C1. The van der Waals surface area contributed by atoms with Crippen LogP contribution >= 0.6 is 11.6 Å². The molecule has 0 radical (unpaired) electrons. The van der Waals surface area contributed by atoms with Crippen molar-refractivity contribution in [3.63, 3.8) is 0 Å². The fraction of sp³-hybridized carbons (Fsp3) is 0.455. The Morgan fingerprint density at radius 1 is 1.50 bits per heavy atom. The topological polar surface area (TPSA) is 46.2 Å². The van der Waals surface area contributed by atoms with Gasteiger partial charge >= 0.3 is 0 Å². The van der Waals surface area contributed by atoms with Crippen LogP contribution in [0.1, 0.15) is 24.0 Å². The third-order valence-corrected chi connectivity index (χ3v) is 3.23. The first-order valence-corrected chi connectivity index (χ1v) is 5.13. The average Bonchev–Trinajstić information content (AvgIpc) is 2.00. The Balaban J connectivity index is 2.41. The molecule has 1 aromatic carbocycles. The molecule has 1 saturated carbocycles. The molecule has 0 aliphatic heterocycles. The van der Waals surface area contributed by atoms with Crippen molar-refractivity contribution in [1.29, 1.82) is 0 Å². The highest BCUT2D eigenvalue weighted by atomic mass is 35.5. The van der Waals surface area contributed by atoms with E-state index in [4.69, 9.17) is 17.3 Å².